The Labute approximate surface area is 165 Å². The highest BCUT2D eigenvalue weighted by Gasteiger charge is 2.33. The molecule has 1 fully saturated rings. The molecule has 3 heterocycles. The van der Waals surface area contributed by atoms with Crippen LogP contribution in [0.5, 0.6) is 5.88 Å². The number of halogens is 1. The number of aromatic nitrogens is 3. The average Bonchev–Trinajstić information content (AvgIpc) is 3.07. The van der Waals surface area contributed by atoms with Crippen molar-refractivity contribution in [3.05, 3.63) is 45.0 Å². The molecule has 3 aromatic rings. The van der Waals surface area contributed by atoms with Crippen LogP contribution in [0.25, 0.3) is 4.96 Å². The summed E-state index contributed by atoms with van der Waals surface area (Å²) in [5.74, 6) is 2.18. The van der Waals surface area contributed by atoms with E-state index < -0.39 is 0 Å². The zero-order chi connectivity index (χ0) is 18.4. The third-order valence-corrected chi connectivity index (χ3v) is 6.60. The maximum atomic E-state index is 10.9. The monoisotopic (exact) mass is 434 g/mol. The standard InChI is InChI=1S/C19H23BrN4OS/c1-11-8-12(2)10-23(9-11)16(14-4-6-15(20)7-5-14)17-18(25)24-19(26-17)21-13(3)22-24/h4-7,11-12,16,25H,8-10H2,1-3H3/t11-,12-,16-/m0/s1. The van der Waals surface area contributed by atoms with Gasteiger partial charge in [0.1, 0.15) is 5.82 Å². The van der Waals surface area contributed by atoms with E-state index in [2.05, 4.69) is 69.0 Å². The van der Waals surface area contributed by atoms with Gasteiger partial charge in [0.2, 0.25) is 10.8 Å². The third kappa shape index (κ3) is 3.28. The van der Waals surface area contributed by atoms with E-state index in [-0.39, 0.29) is 11.9 Å². The number of hydrogen-bond acceptors (Lipinski definition) is 5. The van der Waals surface area contributed by atoms with Gasteiger partial charge in [-0.1, -0.05) is 53.2 Å². The predicted molar refractivity (Wildman–Crippen MR) is 108 cm³/mol. The summed E-state index contributed by atoms with van der Waals surface area (Å²) < 4.78 is 2.63. The third-order valence-electron chi connectivity index (χ3n) is 5.00. The smallest absolute Gasteiger partial charge is 0.230 e. The van der Waals surface area contributed by atoms with Gasteiger partial charge in [0.05, 0.1) is 10.9 Å². The topological polar surface area (TPSA) is 53.7 Å². The van der Waals surface area contributed by atoms with E-state index in [0.717, 1.165) is 27.4 Å². The van der Waals surface area contributed by atoms with Gasteiger partial charge in [-0.15, -0.1) is 5.10 Å². The molecule has 138 valence electrons. The van der Waals surface area contributed by atoms with Crippen molar-refractivity contribution in [3.8, 4) is 5.88 Å². The second-order valence-electron chi connectivity index (χ2n) is 7.50. The van der Waals surface area contributed by atoms with Crippen molar-refractivity contribution in [2.45, 2.75) is 33.2 Å². The van der Waals surface area contributed by atoms with Gasteiger partial charge in [-0.2, -0.15) is 4.52 Å². The molecule has 0 radical (unpaired) electrons. The Morgan fingerprint density at radius 3 is 2.46 bits per heavy atom. The number of nitrogens with zero attached hydrogens (tertiary/aromatic N) is 4. The highest BCUT2D eigenvalue weighted by molar-refractivity contribution is 9.10. The number of rotatable bonds is 3. The summed E-state index contributed by atoms with van der Waals surface area (Å²) in [4.78, 5) is 8.61. The van der Waals surface area contributed by atoms with Gasteiger partial charge in [0.25, 0.3) is 0 Å². The fraction of sp³-hybridized carbons (Fsp3) is 0.474. The largest absolute Gasteiger partial charge is 0.492 e. The van der Waals surface area contributed by atoms with Gasteiger partial charge < -0.3 is 5.11 Å². The number of likely N-dealkylation sites (tertiary alicyclic amines) is 1. The lowest BCUT2D eigenvalue weighted by Crippen LogP contribution is -2.41. The zero-order valence-electron chi connectivity index (χ0n) is 15.2. The van der Waals surface area contributed by atoms with Crippen molar-refractivity contribution in [3.63, 3.8) is 0 Å². The Balaban J connectivity index is 1.82. The van der Waals surface area contributed by atoms with E-state index in [1.54, 1.807) is 4.52 Å². The van der Waals surface area contributed by atoms with Crippen molar-refractivity contribution in [1.82, 2.24) is 19.5 Å². The van der Waals surface area contributed by atoms with Crippen LogP contribution in [-0.2, 0) is 0 Å². The van der Waals surface area contributed by atoms with Crippen molar-refractivity contribution in [1.29, 1.82) is 0 Å². The van der Waals surface area contributed by atoms with Crippen LogP contribution in [-0.4, -0.2) is 37.7 Å². The summed E-state index contributed by atoms with van der Waals surface area (Å²) in [6.07, 6.45) is 1.25. The maximum Gasteiger partial charge on any atom is 0.230 e. The number of fused-ring (bicyclic) bond motifs is 1. The first-order valence-electron chi connectivity index (χ1n) is 8.97. The minimum atomic E-state index is 0.0158. The molecule has 0 saturated carbocycles. The molecule has 3 atom stereocenters. The van der Waals surface area contributed by atoms with Gasteiger partial charge in [0.15, 0.2) is 0 Å². The van der Waals surface area contributed by atoms with E-state index in [9.17, 15) is 5.11 Å². The molecular weight excluding hydrogens is 412 g/mol. The first-order valence-corrected chi connectivity index (χ1v) is 10.6. The van der Waals surface area contributed by atoms with Crippen LogP contribution in [0, 0.1) is 18.8 Å². The van der Waals surface area contributed by atoms with Crippen LogP contribution in [0.2, 0.25) is 0 Å². The summed E-state index contributed by atoms with van der Waals surface area (Å²) in [5.41, 5.74) is 1.19. The van der Waals surface area contributed by atoms with Crippen LogP contribution < -0.4 is 0 Å². The summed E-state index contributed by atoms with van der Waals surface area (Å²) >= 11 is 5.06. The predicted octanol–water partition coefficient (Wildman–Crippen LogP) is 4.63. The second-order valence-corrected chi connectivity index (χ2v) is 9.42. The van der Waals surface area contributed by atoms with E-state index in [1.807, 2.05) is 6.92 Å². The van der Waals surface area contributed by atoms with Crippen molar-refractivity contribution < 1.29 is 5.11 Å². The molecule has 1 aromatic carbocycles. The Bertz CT molecular complexity index is 910. The zero-order valence-corrected chi connectivity index (χ0v) is 17.6. The molecule has 1 N–H and O–H groups in total. The SMILES string of the molecule is Cc1nc2sc([C@H](c3ccc(Br)cc3)N3C[C@@H](C)C[C@H](C)C3)c(O)n2n1. The first kappa shape index (κ1) is 17.9. The molecule has 0 spiro atoms. The van der Waals surface area contributed by atoms with Gasteiger partial charge in [-0.05, 0) is 42.9 Å². The number of piperidine rings is 1. The van der Waals surface area contributed by atoms with Crippen LogP contribution in [0.4, 0.5) is 0 Å². The van der Waals surface area contributed by atoms with Gasteiger partial charge >= 0.3 is 0 Å². The Morgan fingerprint density at radius 1 is 1.19 bits per heavy atom. The second kappa shape index (κ2) is 6.94. The van der Waals surface area contributed by atoms with Crippen LogP contribution in [0.3, 0.4) is 0 Å². The molecule has 0 aliphatic carbocycles. The molecule has 7 heteroatoms. The highest BCUT2D eigenvalue weighted by atomic mass is 79.9. The fourth-order valence-corrected chi connectivity index (χ4v) is 5.55. The molecule has 0 unspecified atom stereocenters. The minimum absolute atomic E-state index is 0.0158. The highest BCUT2D eigenvalue weighted by Crippen LogP contribution is 2.42. The molecule has 1 aliphatic heterocycles. The molecule has 1 aliphatic rings. The minimum Gasteiger partial charge on any atom is -0.492 e. The number of aromatic hydroxyl groups is 1. The normalized spacial score (nSPS) is 22.8. The van der Waals surface area contributed by atoms with Crippen LogP contribution in [0.1, 0.15) is 42.6 Å². The molecule has 2 aromatic heterocycles. The Hall–Kier alpha value is -1.44. The van der Waals surface area contributed by atoms with Crippen LogP contribution >= 0.6 is 27.3 Å². The molecule has 26 heavy (non-hydrogen) atoms. The van der Waals surface area contributed by atoms with Gasteiger partial charge in [0, 0.05) is 17.6 Å². The summed E-state index contributed by atoms with van der Waals surface area (Å²) in [6, 6.07) is 8.43. The molecule has 0 amide bonds. The number of thiazole rings is 1. The fourth-order valence-electron chi connectivity index (χ4n) is 4.12. The lowest BCUT2D eigenvalue weighted by atomic mass is 9.89. The lowest BCUT2D eigenvalue weighted by Gasteiger charge is -2.40. The number of aryl methyl sites for hydroxylation is 1. The van der Waals surface area contributed by atoms with Gasteiger partial charge in [-0.25, -0.2) is 4.98 Å². The van der Waals surface area contributed by atoms with Gasteiger partial charge in [-0.3, -0.25) is 4.90 Å². The lowest BCUT2D eigenvalue weighted by molar-refractivity contribution is 0.112. The quantitative estimate of drug-likeness (QED) is 0.652. The van der Waals surface area contributed by atoms with E-state index in [1.165, 1.54) is 23.3 Å². The van der Waals surface area contributed by atoms with Crippen molar-refractivity contribution >= 4 is 32.2 Å². The molecule has 0 bridgehead atoms. The van der Waals surface area contributed by atoms with Crippen molar-refractivity contribution in [2.75, 3.05) is 13.1 Å². The summed E-state index contributed by atoms with van der Waals surface area (Å²) in [6.45, 7) is 8.52. The Morgan fingerprint density at radius 2 is 1.85 bits per heavy atom. The average molecular weight is 435 g/mol. The van der Waals surface area contributed by atoms with E-state index in [0.29, 0.717) is 17.7 Å². The Kier molecular flexibility index (Phi) is 4.79. The van der Waals surface area contributed by atoms with Crippen molar-refractivity contribution in [2.24, 2.45) is 11.8 Å². The van der Waals surface area contributed by atoms with E-state index >= 15 is 0 Å². The first-order chi connectivity index (χ1) is 12.4. The van der Waals surface area contributed by atoms with E-state index in [4.69, 9.17) is 0 Å². The molecule has 5 nitrogen and oxygen atoms in total. The molecule has 1 saturated heterocycles. The van der Waals surface area contributed by atoms with Crippen LogP contribution in [0.15, 0.2) is 28.7 Å². The summed E-state index contributed by atoms with van der Waals surface area (Å²) in [7, 11) is 0. The maximum absolute atomic E-state index is 10.9. The molecule has 4 rings (SSSR count). The summed E-state index contributed by atoms with van der Waals surface area (Å²) in [5, 5.41) is 15.2. The molecular formula is C19H23BrN4OS. The number of benzene rings is 1. The number of hydrogen-bond donors (Lipinski definition) is 1.